The van der Waals surface area contributed by atoms with Crippen molar-refractivity contribution in [1.29, 1.82) is 0 Å². The van der Waals surface area contributed by atoms with E-state index in [1.165, 1.54) is 0 Å². The lowest BCUT2D eigenvalue weighted by molar-refractivity contribution is -0.133. The number of amides is 4. The predicted octanol–water partition coefficient (Wildman–Crippen LogP) is -1.69. The molecule has 0 aliphatic heterocycles. The molecular formula is C27H43N11O4S. The first kappa shape index (κ1) is 34.9. The third kappa shape index (κ3) is 13.1. The molecule has 0 bridgehead atoms. The van der Waals surface area contributed by atoms with E-state index in [4.69, 9.17) is 40.9 Å². The summed E-state index contributed by atoms with van der Waals surface area (Å²) in [4.78, 5) is 61.6. The lowest BCUT2D eigenvalue weighted by atomic mass is 10.0. The molecule has 15 nitrogen and oxygen atoms in total. The summed E-state index contributed by atoms with van der Waals surface area (Å²) in [6.45, 7) is 0.690. The van der Waals surface area contributed by atoms with Gasteiger partial charge in [-0.2, -0.15) is 0 Å². The number of hydrogen-bond donors (Lipinski definition) is 10. The lowest BCUT2D eigenvalue weighted by Gasteiger charge is -2.25. The zero-order valence-electron chi connectivity index (χ0n) is 24.0. The Labute approximate surface area is 255 Å². The number of unbranched alkanes of at least 4 members (excludes halogenated alkanes) is 1. The van der Waals surface area contributed by atoms with Crippen molar-refractivity contribution < 1.29 is 19.2 Å². The van der Waals surface area contributed by atoms with Gasteiger partial charge >= 0.3 is 0 Å². The number of rotatable bonds is 19. The molecular weight excluding hydrogens is 574 g/mol. The van der Waals surface area contributed by atoms with E-state index in [0.717, 1.165) is 5.56 Å². The van der Waals surface area contributed by atoms with E-state index in [1.54, 1.807) is 6.20 Å². The van der Waals surface area contributed by atoms with Crippen LogP contribution in [-0.2, 0) is 32.0 Å². The highest BCUT2D eigenvalue weighted by Crippen LogP contribution is 2.08. The molecule has 16 heteroatoms. The first-order valence-electron chi connectivity index (χ1n) is 14.0. The number of guanidine groups is 1. The van der Waals surface area contributed by atoms with Crippen molar-refractivity contribution in [3.8, 4) is 0 Å². The van der Waals surface area contributed by atoms with Crippen LogP contribution < -0.4 is 44.6 Å². The number of nitrogens with zero attached hydrogens (tertiary/aromatic N) is 1. The van der Waals surface area contributed by atoms with Crippen LogP contribution in [0.3, 0.4) is 0 Å². The molecule has 1 heterocycles. The molecule has 0 spiro atoms. The van der Waals surface area contributed by atoms with Gasteiger partial charge in [-0.15, -0.1) is 0 Å². The van der Waals surface area contributed by atoms with Crippen molar-refractivity contribution in [2.45, 2.75) is 69.1 Å². The molecule has 1 aromatic heterocycles. The summed E-state index contributed by atoms with van der Waals surface area (Å²) in [7, 11) is 0. The van der Waals surface area contributed by atoms with E-state index in [1.807, 2.05) is 30.3 Å². The van der Waals surface area contributed by atoms with Crippen LogP contribution in [0.15, 0.2) is 41.5 Å². The van der Waals surface area contributed by atoms with Gasteiger partial charge < -0.3 is 54.6 Å². The van der Waals surface area contributed by atoms with Gasteiger partial charge in [0.25, 0.3) is 0 Å². The van der Waals surface area contributed by atoms with E-state index in [2.05, 4.69) is 30.9 Å². The molecule has 0 fully saturated rings. The molecule has 0 saturated carbocycles. The van der Waals surface area contributed by atoms with Crippen LogP contribution in [0.25, 0.3) is 0 Å². The van der Waals surface area contributed by atoms with Crippen LogP contribution in [0.1, 0.15) is 43.4 Å². The maximum Gasteiger partial charge on any atom is 0.243 e. The standard InChI is InChI=1S/C27H43N11O4S/c28-11-5-4-10-19(24(41)37-20(22(30)39)13-16-7-2-1-3-8-16)36-25(42)21(14-17-15-34-27(43)35-17)38-23(40)18(29)9-6-12-33-26(31)32/h1-3,7-8,15,18-21H,4-6,9-14,28-29H2,(H2,30,39)(H,36,42)(H,37,41)(H,38,40)(H4,31,32,33)(H2,34,35,43). The summed E-state index contributed by atoms with van der Waals surface area (Å²) in [5.41, 5.74) is 29.3. The minimum Gasteiger partial charge on any atom is -0.370 e. The van der Waals surface area contributed by atoms with Crippen molar-refractivity contribution in [2.24, 2.45) is 33.7 Å². The molecule has 4 atom stereocenters. The number of carbonyl (C=O) groups is 4. The van der Waals surface area contributed by atoms with E-state index in [9.17, 15) is 19.2 Å². The van der Waals surface area contributed by atoms with Gasteiger partial charge in [0.2, 0.25) is 23.6 Å². The summed E-state index contributed by atoms with van der Waals surface area (Å²) < 4.78 is 0.340. The molecule has 4 unspecified atom stereocenters. The van der Waals surface area contributed by atoms with Gasteiger partial charge in [-0.3, -0.25) is 24.2 Å². The second-order valence-corrected chi connectivity index (χ2v) is 10.5. The largest absolute Gasteiger partial charge is 0.370 e. The Bertz CT molecular complexity index is 1280. The highest BCUT2D eigenvalue weighted by Gasteiger charge is 2.30. The lowest BCUT2D eigenvalue weighted by Crippen LogP contribution is -2.58. The molecule has 1 aromatic carbocycles. The van der Waals surface area contributed by atoms with Crippen molar-refractivity contribution in [3.63, 3.8) is 0 Å². The van der Waals surface area contributed by atoms with Crippen LogP contribution in [0.2, 0.25) is 0 Å². The fraction of sp³-hybridized carbons (Fsp3) is 0.481. The first-order valence-corrected chi connectivity index (χ1v) is 14.4. The minimum atomic E-state index is -1.11. The third-order valence-corrected chi connectivity index (χ3v) is 6.76. The number of nitrogens with two attached hydrogens (primary N) is 5. The molecule has 43 heavy (non-hydrogen) atoms. The molecule has 15 N–H and O–H groups in total. The van der Waals surface area contributed by atoms with Gasteiger partial charge in [0, 0.05) is 31.3 Å². The molecule has 2 rings (SSSR count). The van der Waals surface area contributed by atoms with Gasteiger partial charge in [0.15, 0.2) is 10.7 Å². The Morgan fingerprint density at radius 1 is 0.837 bits per heavy atom. The van der Waals surface area contributed by atoms with Gasteiger partial charge in [-0.25, -0.2) is 0 Å². The molecule has 0 aliphatic rings. The molecule has 236 valence electrons. The van der Waals surface area contributed by atoms with Crippen LogP contribution in [0.5, 0.6) is 0 Å². The fourth-order valence-electron chi connectivity index (χ4n) is 4.22. The van der Waals surface area contributed by atoms with Crippen LogP contribution >= 0.6 is 12.2 Å². The number of aromatic nitrogens is 2. The molecule has 0 saturated heterocycles. The average Bonchev–Trinajstić information content (AvgIpc) is 3.38. The van der Waals surface area contributed by atoms with Crippen molar-refractivity contribution >= 4 is 41.8 Å². The Hall–Kier alpha value is -4.28. The second kappa shape index (κ2) is 18.3. The Kier molecular flexibility index (Phi) is 14.9. The van der Waals surface area contributed by atoms with Gasteiger partial charge in [0.05, 0.1) is 6.04 Å². The summed E-state index contributed by atoms with van der Waals surface area (Å²) in [6.07, 6.45) is 3.87. The highest BCUT2D eigenvalue weighted by atomic mass is 32.1. The normalized spacial score (nSPS) is 13.6. The maximum absolute atomic E-state index is 13.5. The van der Waals surface area contributed by atoms with Crippen molar-refractivity contribution in [3.05, 3.63) is 52.6 Å². The topological polar surface area (TPSA) is 278 Å². The van der Waals surface area contributed by atoms with Gasteiger partial charge in [-0.05, 0) is 56.4 Å². The molecule has 0 aliphatic carbocycles. The summed E-state index contributed by atoms with van der Waals surface area (Å²) in [6, 6.07) is 5.00. The number of aromatic amines is 2. The molecule has 2 aromatic rings. The predicted molar refractivity (Wildman–Crippen MR) is 166 cm³/mol. The number of carbonyl (C=O) groups excluding carboxylic acids is 4. The zero-order valence-corrected chi connectivity index (χ0v) is 24.8. The molecule has 0 radical (unpaired) electrons. The number of nitrogens with one attached hydrogen (secondary N) is 5. The minimum absolute atomic E-state index is 0.0283. The number of hydrogen-bond acceptors (Lipinski definition) is 8. The first-order chi connectivity index (χ1) is 20.5. The zero-order chi connectivity index (χ0) is 31.8. The number of benzene rings is 1. The molecule has 4 amide bonds. The number of primary amides is 1. The summed E-state index contributed by atoms with van der Waals surface area (Å²) in [5, 5.41) is 8.06. The average molecular weight is 618 g/mol. The SMILES string of the molecule is NCCCCC(NC(=O)C(Cc1c[nH]c(=S)[nH]1)NC(=O)C(N)CCCN=C(N)N)C(=O)NC(Cc1ccccc1)C(N)=O. The quantitative estimate of drug-likeness (QED) is 0.0372. The van der Waals surface area contributed by atoms with Crippen LogP contribution in [-0.4, -0.2) is 76.8 Å². The fourth-order valence-corrected chi connectivity index (χ4v) is 4.41. The number of H-pyrrole nitrogens is 2. The maximum atomic E-state index is 13.5. The van der Waals surface area contributed by atoms with E-state index in [0.29, 0.717) is 42.8 Å². The van der Waals surface area contributed by atoms with E-state index >= 15 is 0 Å². The van der Waals surface area contributed by atoms with E-state index in [-0.39, 0.29) is 31.6 Å². The summed E-state index contributed by atoms with van der Waals surface area (Å²) >= 11 is 5.08. The monoisotopic (exact) mass is 617 g/mol. The Morgan fingerprint density at radius 2 is 1.49 bits per heavy atom. The van der Waals surface area contributed by atoms with Gasteiger partial charge in [-0.1, -0.05) is 30.3 Å². The number of aliphatic imine (C=N–C) groups is 1. The van der Waals surface area contributed by atoms with E-state index < -0.39 is 47.8 Å². The van der Waals surface area contributed by atoms with Crippen LogP contribution in [0, 0.1) is 4.77 Å². The highest BCUT2D eigenvalue weighted by molar-refractivity contribution is 7.71. The number of imidazole rings is 1. The Morgan fingerprint density at radius 3 is 2.09 bits per heavy atom. The Balaban J connectivity index is 2.18. The smallest absolute Gasteiger partial charge is 0.243 e. The third-order valence-electron chi connectivity index (χ3n) is 6.54. The summed E-state index contributed by atoms with van der Waals surface area (Å²) in [5.74, 6) is -2.57. The van der Waals surface area contributed by atoms with Gasteiger partial charge in [0.1, 0.15) is 18.1 Å². The van der Waals surface area contributed by atoms with Crippen molar-refractivity contribution in [2.75, 3.05) is 13.1 Å². The van der Waals surface area contributed by atoms with Crippen molar-refractivity contribution in [1.82, 2.24) is 25.9 Å². The second-order valence-electron chi connectivity index (χ2n) is 10.1. The van der Waals surface area contributed by atoms with Crippen LogP contribution in [0.4, 0.5) is 0 Å².